The molecule has 1 rings (SSSR count). The molecule has 0 saturated heterocycles. The van der Waals surface area contributed by atoms with Crippen LogP contribution in [0.4, 0.5) is 16.2 Å². The third-order valence-electron chi connectivity index (χ3n) is 2.20. The lowest BCUT2D eigenvalue weighted by Crippen LogP contribution is -2.32. The second kappa shape index (κ2) is 5.07. The first-order valence-electron chi connectivity index (χ1n) is 4.98. The molecule has 1 aromatic heterocycles. The summed E-state index contributed by atoms with van der Waals surface area (Å²) in [7, 11) is 3.28. The number of halogens is 1. The predicted molar refractivity (Wildman–Crippen MR) is 61.1 cm³/mol. The van der Waals surface area contributed by atoms with Crippen LogP contribution < -0.4 is 10.6 Å². The minimum absolute atomic E-state index is 0.171. The summed E-state index contributed by atoms with van der Waals surface area (Å²) in [5, 5.41) is 5.63. The second-order valence-corrected chi connectivity index (χ2v) is 3.96. The lowest BCUT2D eigenvalue weighted by molar-refractivity contribution is 0.0342. The van der Waals surface area contributed by atoms with Gasteiger partial charge in [0.05, 0.1) is 11.8 Å². The summed E-state index contributed by atoms with van der Waals surface area (Å²) in [6.45, 7) is 4.26. The predicted octanol–water partition coefficient (Wildman–Crippen LogP) is 1.49. The molecule has 0 aliphatic rings. The van der Waals surface area contributed by atoms with E-state index in [-0.39, 0.29) is 11.4 Å². The van der Waals surface area contributed by atoms with E-state index in [9.17, 15) is 4.39 Å². The molecule has 0 aliphatic carbocycles. The molecule has 1 aromatic rings. The molecule has 2 N–H and O–H groups in total. The molecule has 90 valence electrons. The quantitative estimate of drug-likeness (QED) is 0.799. The normalized spacial score (nSPS) is 11.3. The van der Waals surface area contributed by atoms with Crippen LogP contribution in [0.5, 0.6) is 0 Å². The smallest absolute Gasteiger partial charge is 0.224 e. The van der Waals surface area contributed by atoms with E-state index in [2.05, 4.69) is 20.6 Å². The molecular formula is C10H17FN4O. The third-order valence-corrected chi connectivity index (χ3v) is 2.20. The Morgan fingerprint density at radius 3 is 2.75 bits per heavy atom. The van der Waals surface area contributed by atoms with Gasteiger partial charge in [0.15, 0.2) is 11.6 Å². The first-order valence-corrected chi connectivity index (χ1v) is 4.98. The largest absolute Gasteiger partial charge is 0.377 e. The molecule has 0 radical (unpaired) electrons. The number of rotatable bonds is 5. The van der Waals surface area contributed by atoms with Crippen LogP contribution in [0.2, 0.25) is 0 Å². The van der Waals surface area contributed by atoms with Gasteiger partial charge in [0, 0.05) is 20.7 Å². The van der Waals surface area contributed by atoms with Gasteiger partial charge in [-0.2, -0.15) is 4.98 Å². The molecule has 6 heteroatoms. The maximum atomic E-state index is 13.3. The highest BCUT2D eigenvalue weighted by molar-refractivity contribution is 5.40. The lowest BCUT2D eigenvalue weighted by Gasteiger charge is -2.23. The standard InChI is InChI=1S/C10H17FN4O/c1-10(2,16-4)6-14-8-7(11)5-13-9(12-3)15-8/h5H,6H2,1-4H3,(H2,12,13,14,15). The van der Waals surface area contributed by atoms with Crippen LogP contribution in [-0.4, -0.2) is 36.3 Å². The summed E-state index contributed by atoms with van der Waals surface area (Å²) in [4.78, 5) is 7.72. The Kier molecular flexibility index (Phi) is 4.00. The van der Waals surface area contributed by atoms with Crippen LogP contribution in [0.25, 0.3) is 0 Å². The van der Waals surface area contributed by atoms with Crippen molar-refractivity contribution in [2.75, 3.05) is 31.3 Å². The van der Waals surface area contributed by atoms with Crippen molar-refractivity contribution >= 4 is 11.8 Å². The van der Waals surface area contributed by atoms with E-state index in [1.165, 1.54) is 0 Å². The molecule has 0 aromatic carbocycles. The molecule has 0 unspecified atom stereocenters. The number of nitrogens with one attached hydrogen (secondary N) is 2. The summed E-state index contributed by atoms with van der Waals surface area (Å²) in [5.74, 6) is 0.0644. The molecule has 0 aliphatic heterocycles. The highest BCUT2D eigenvalue weighted by Crippen LogP contribution is 2.14. The van der Waals surface area contributed by atoms with Gasteiger partial charge in [-0.3, -0.25) is 0 Å². The zero-order chi connectivity index (χ0) is 12.2. The fourth-order valence-electron chi connectivity index (χ4n) is 0.980. The van der Waals surface area contributed by atoms with Crippen LogP contribution in [0.1, 0.15) is 13.8 Å². The van der Waals surface area contributed by atoms with Crippen LogP contribution in [-0.2, 0) is 4.74 Å². The topological polar surface area (TPSA) is 59.1 Å². The Bertz CT molecular complexity index is 357. The first kappa shape index (κ1) is 12.6. The molecule has 0 bridgehead atoms. The van der Waals surface area contributed by atoms with Crippen LogP contribution in [0.15, 0.2) is 6.20 Å². The van der Waals surface area contributed by atoms with Crippen molar-refractivity contribution in [2.24, 2.45) is 0 Å². The van der Waals surface area contributed by atoms with Crippen molar-refractivity contribution in [3.05, 3.63) is 12.0 Å². The fraction of sp³-hybridized carbons (Fsp3) is 0.600. The zero-order valence-corrected chi connectivity index (χ0v) is 9.97. The van der Waals surface area contributed by atoms with Crippen molar-refractivity contribution in [3.8, 4) is 0 Å². The van der Waals surface area contributed by atoms with Crippen molar-refractivity contribution in [1.82, 2.24) is 9.97 Å². The summed E-state index contributed by atoms with van der Waals surface area (Å²) in [6, 6.07) is 0. The Morgan fingerprint density at radius 2 is 2.19 bits per heavy atom. The van der Waals surface area contributed by atoms with E-state index < -0.39 is 5.82 Å². The molecular weight excluding hydrogens is 211 g/mol. The average molecular weight is 228 g/mol. The van der Waals surface area contributed by atoms with E-state index in [1.54, 1.807) is 14.2 Å². The highest BCUT2D eigenvalue weighted by Gasteiger charge is 2.17. The van der Waals surface area contributed by atoms with Gasteiger partial charge in [0.25, 0.3) is 0 Å². The fourth-order valence-corrected chi connectivity index (χ4v) is 0.980. The Morgan fingerprint density at radius 1 is 1.50 bits per heavy atom. The number of ether oxygens (including phenoxy) is 1. The molecule has 0 saturated carbocycles. The Labute approximate surface area is 94.4 Å². The molecule has 0 amide bonds. The highest BCUT2D eigenvalue weighted by atomic mass is 19.1. The molecule has 0 spiro atoms. The Hall–Kier alpha value is -1.43. The average Bonchev–Trinajstić information content (AvgIpc) is 2.28. The molecule has 1 heterocycles. The van der Waals surface area contributed by atoms with Crippen molar-refractivity contribution in [3.63, 3.8) is 0 Å². The first-order chi connectivity index (χ1) is 7.48. The number of hydrogen-bond donors (Lipinski definition) is 2. The number of anilines is 2. The van der Waals surface area contributed by atoms with E-state index in [4.69, 9.17) is 4.74 Å². The molecule has 16 heavy (non-hydrogen) atoms. The maximum Gasteiger partial charge on any atom is 0.224 e. The third kappa shape index (κ3) is 3.30. The van der Waals surface area contributed by atoms with E-state index in [0.29, 0.717) is 12.5 Å². The molecule has 0 fully saturated rings. The SMILES string of the molecule is CNc1ncc(F)c(NCC(C)(C)OC)n1. The van der Waals surface area contributed by atoms with Gasteiger partial charge in [-0.1, -0.05) is 0 Å². The van der Waals surface area contributed by atoms with Gasteiger partial charge < -0.3 is 15.4 Å². The number of nitrogens with zero attached hydrogens (tertiary/aromatic N) is 2. The number of aromatic nitrogens is 2. The van der Waals surface area contributed by atoms with Gasteiger partial charge in [-0.25, -0.2) is 9.37 Å². The van der Waals surface area contributed by atoms with Gasteiger partial charge >= 0.3 is 0 Å². The van der Waals surface area contributed by atoms with Gasteiger partial charge in [0.1, 0.15) is 0 Å². The van der Waals surface area contributed by atoms with E-state index in [1.807, 2.05) is 13.8 Å². The van der Waals surface area contributed by atoms with E-state index >= 15 is 0 Å². The number of hydrogen-bond acceptors (Lipinski definition) is 5. The monoisotopic (exact) mass is 228 g/mol. The lowest BCUT2D eigenvalue weighted by atomic mass is 10.1. The summed E-state index contributed by atoms with van der Waals surface area (Å²) in [6.07, 6.45) is 1.13. The van der Waals surface area contributed by atoms with Crippen molar-refractivity contribution < 1.29 is 9.13 Å². The van der Waals surface area contributed by atoms with Gasteiger partial charge in [-0.15, -0.1) is 0 Å². The van der Waals surface area contributed by atoms with Crippen molar-refractivity contribution in [1.29, 1.82) is 0 Å². The van der Waals surface area contributed by atoms with Crippen LogP contribution in [0, 0.1) is 5.82 Å². The molecule has 0 atom stereocenters. The minimum Gasteiger partial charge on any atom is -0.377 e. The zero-order valence-electron chi connectivity index (χ0n) is 9.97. The Balaban J connectivity index is 2.73. The van der Waals surface area contributed by atoms with Crippen molar-refractivity contribution in [2.45, 2.75) is 19.4 Å². The molecule has 5 nitrogen and oxygen atoms in total. The van der Waals surface area contributed by atoms with Gasteiger partial charge in [-0.05, 0) is 13.8 Å². The number of methoxy groups -OCH3 is 1. The summed E-state index contributed by atoms with van der Waals surface area (Å²) < 4.78 is 18.5. The second-order valence-electron chi connectivity index (χ2n) is 3.96. The summed E-state index contributed by atoms with van der Waals surface area (Å²) in [5.41, 5.74) is -0.378. The van der Waals surface area contributed by atoms with Crippen LogP contribution >= 0.6 is 0 Å². The maximum absolute atomic E-state index is 13.3. The minimum atomic E-state index is -0.481. The van der Waals surface area contributed by atoms with Gasteiger partial charge in [0.2, 0.25) is 5.95 Å². The van der Waals surface area contributed by atoms with Crippen LogP contribution in [0.3, 0.4) is 0 Å². The summed E-state index contributed by atoms with van der Waals surface area (Å²) >= 11 is 0. The van der Waals surface area contributed by atoms with E-state index in [0.717, 1.165) is 6.20 Å².